The van der Waals surface area contributed by atoms with Crippen LogP contribution in [0.25, 0.3) is 0 Å². The number of hydrogen-bond acceptors (Lipinski definition) is 2. The molecule has 0 aliphatic heterocycles. The molecule has 2 rings (SSSR count). The molecule has 0 radical (unpaired) electrons. The number of carbonyl (C=O) groups is 1. The Kier molecular flexibility index (Phi) is 4.81. The third kappa shape index (κ3) is 3.20. The van der Waals surface area contributed by atoms with E-state index in [0.717, 1.165) is 24.0 Å². The van der Waals surface area contributed by atoms with Crippen LogP contribution in [-0.2, 0) is 0 Å². The van der Waals surface area contributed by atoms with Gasteiger partial charge in [-0.1, -0.05) is 23.5 Å². The summed E-state index contributed by atoms with van der Waals surface area (Å²) in [6.07, 6.45) is 3.83. The first-order chi connectivity index (χ1) is 9.63. The van der Waals surface area contributed by atoms with E-state index in [1.165, 1.54) is 6.42 Å². The molecular weight excluding hydrogens is 250 g/mol. The van der Waals surface area contributed by atoms with E-state index in [9.17, 15) is 4.79 Å². The van der Waals surface area contributed by atoms with Crippen LogP contribution in [0.15, 0.2) is 18.2 Å². The summed E-state index contributed by atoms with van der Waals surface area (Å²) in [7, 11) is 1.87. The highest BCUT2D eigenvalue weighted by Gasteiger charge is 2.27. The van der Waals surface area contributed by atoms with Crippen molar-refractivity contribution in [2.75, 3.05) is 13.7 Å². The molecule has 0 aromatic heterocycles. The van der Waals surface area contributed by atoms with Gasteiger partial charge in [0.05, 0.1) is 12.2 Å². The first-order valence-electron chi connectivity index (χ1n) is 7.11. The first-order valence-corrected chi connectivity index (χ1v) is 7.11. The zero-order valence-electron chi connectivity index (χ0n) is 12.1. The lowest BCUT2D eigenvalue weighted by atomic mass is 9.91. The summed E-state index contributed by atoms with van der Waals surface area (Å²) < 4.78 is 0. The van der Waals surface area contributed by atoms with E-state index in [1.54, 1.807) is 0 Å². The van der Waals surface area contributed by atoms with Crippen LogP contribution in [0.3, 0.4) is 0 Å². The maximum absolute atomic E-state index is 12.6. The molecule has 1 aliphatic rings. The molecule has 1 aromatic rings. The van der Waals surface area contributed by atoms with E-state index in [0.29, 0.717) is 18.0 Å². The highest BCUT2D eigenvalue weighted by molar-refractivity contribution is 5.97. The predicted molar refractivity (Wildman–Crippen MR) is 79.5 cm³/mol. The molecule has 0 spiro atoms. The highest BCUT2D eigenvalue weighted by atomic mass is 16.2. The molecule has 0 unspecified atom stereocenters. The van der Waals surface area contributed by atoms with Crippen LogP contribution in [0, 0.1) is 18.8 Å². The molecule has 1 fully saturated rings. The van der Waals surface area contributed by atoms with Crippen molar-refractivity contribution >= 4 is 5.91 Å². The minimum absolute atomic E-state index is 0.0458. The lowest BCUT2D eigenvalue weighted by molar-refractivity contribution is 0.0651. The quantitative estimate of drug-likeness (QED) is 0.857. The van der Waals surface area contributed by atoms with Crippen molar-refractivity contribution in [2.45, 2.75) is 38.6 Å². The van der Waals surface area contributed by atoms with Crippen molar-refractivity contribution in [2.24, 2.45) is 0 Å². The van der Waals surface area contributed by atoms with Gasteiger partial charge in [-0.05, 0) is 38.3 Å². The van der Waals surface area contributed by atoms with Crippen LogP contribution in [0.2, 0.25) is 0 Å². The smallest absolute Gasteiger partial charge is 0.255 e. The third-order valence-electron chi connectivity index (χ3n) is 3.81. The molecule has 0 saturated heterocycles. The zero-order chi connectivity index (χ0) is 14.5. The molecule has 1 saturated carbocycles. The van der Waals surface area contributed by atoms with Gasteiger partial charge in [0.25, 0.3) is 5.91 Å². The second-order valence-corrected chi connectivity index (χ2v) is 5.33. The number of benzene rings is 1. The topological polar surface area (TPSA) is 40.5 Å². The molecule has 1 aliphatic carbocycles. The number of aliphatic hydroxyl groups excluding tert-OH is 1. The minimum atomic E-state index is 0.0458. The van der Waals surface area contributed by atoms with Gasteiger partial charge in [-0.3, -0.25) is 4.79 Å². The molecule has 0 bridgehead atoms. The number of nitrogens with zero attached hydrogens (tertiary/aromatic N) is 1. The second-order valence-electron chi connectivity index (χ2n) is 5.33. The Hall–Kier alpha value is -1.79. The van der Waals surface area contributed by atoms with Gasteiger partial charge in [-0.2, -0.15) is 0 Å². The van der Waals surface area contributed by atoms with Crippen LogP contribution in [-0.4, -0.2) is 35.6 Å². The second kappa shape index (κ2) is 6.58. The Morgan fingerprint density at radius 2 is 2.20 bits per heavy atom. The SMILES string of the molecule is Cc1ccc(C#CCCO)c(C(=O)N(C)C2CCC2)c1. The molecule has 1 N–H and O–H groups in total. The van der Waals surface area contributed by atoms with E-state index >= 15 is 0 Å². The van der Waals surface area contributed by atoms with Gasteiger partial charge in [0.1, 0.15) is 0 Å². The van der Waals surface area contributed by atoms with Crippen molar-refractivity contribution in [3.63, 3.8) is 0 Å². The Morgan fingerprint density at radius 1 is 1.45 bits per heavy atom. The number of amides is 1. The standard InChI is InChI=1S/C17H21NO2/c1-13-9-10-14(6-3-4-11-19)16(12-13)17(20)18(2)15-7-5-8-15/h9-10,12,15,19H,4-5,7-8,11H2,1-2H3. The third-order valence-corrected chi connectivity index (χ3v) is 3.81. The molecule has 0 heterocycles. The fraction of sp³-hybridized carbons (Fsp3) is 0.471. The van der Waals surface area contributed by atoms with Gasteiger partial charge in [-0.15, -0.1) is 0 Å². The number of hydrogen-bond donors (Lipinski definition) is 1. The van der Waals surface area contributed by atoms with E-state index in [2.05, 4.69) is 11.8 Å². The Morgan fingerprint density at radius 3 is 2.80 bits per heavy atom. The van der Waals surface area contributed by atoms with Gasteiger partial charge >= 0.3 is 0 Å². The Balaban J connectivity index is 2.26. The average molecular weight is 271 g/mol. The van der Waals surface area contributed by atoms with Gasteiger partial charge in [0, 0.05) is 25.1 Å². The largest absolute Gasteiger partial charge is 0.395 e. The summed E-state index contributed by atoms with van der Waals surface area (Å²) in [4.78, 5) is 14.4. The van der Waals surface area contributed by atoms with Gasteiger partial charge in [0.2, 0.25) is 0 Å². The first kappa shape index (κ1) is 14.6. The number of carbonyl (C=O) groups excluding carboxylic acids is 1. The maximum atomic E-state index is 12.6. The monoisotopic (exact) mass is 271 g/mol. The Bertz CT molecular complexity index is 550. The van der Waals surface area contributed by atoms with Crippen molar-refractivity contribution in [3.8, 4) is 11.8 Å². The summed E-state index contributed by atoms with van der Waals surface area (Å²) >= 11 is 0. The number of aryl methyl sites for hydroxylation is 1. The van der Waals surface area contributed by atoms with Crippen molar-refractivity contribution in [1.29, 1.82) is 0 Å². The molecular formula is C17H21NO2. The van der Waals surface area contributed by atoms with Crippen LogP contribution in [0.1, 0.15) is 47.2 Å². The van der Waals surface area contributed by atoms with E-state index in [-0.39, 0.29) is 12.5 Å². The maximum Gasteiger partial charge on any atom is 0.255 e. The lowest BCUT2D eigenvalue weighted by Crippen LogP contribution is -2.41. The normalized spacial score (nSPS) is 14.2. The molecule has 0 atom stereocenters. The summed E-state index contributed by atoms with van der Waals surface area (Å²) in [5.74, 6) is 5.93. The van der Waals surface area contributed by atoms with Crippen LogP contribution in [0.5, 0.6) is 0 Å². The zero-order valence-corrected chi connectivity index (χ0v) is 12.1. The van der Waals surface area contributed by atoms with Crippen molar-refractivity contribution in [1.82, 2.24) is 4.90 Å². The summed E-state index contributed by atoms with van der Waals surface area (Å²) in [6, 6.07) is 6.13. The summed E-state index contributed by atoms with van der Waals surface area (Å²) in [5.41, 5.74) is 2.48. The van der Waals surface area contributed by atoms with E-state index in [1.807, 2.05) is 37.1 Å². The molecule has 1 amide bonds. The summed E-state index contributed by atoms with van der Waals surface area (Å²) in [5, 5.41) is 8.79. The predicted octanol–water partition coefficient (Wildman–Crippen LogP) is 2.35. The molecule has 106 valence electrons. The lowest BCUT2D eigenvalue weighted by Gasteiger charge is -2.35. The van der Waals surface area contributed by atoms with Gasteiger partial charge in [0.15, 0.2) is 0 Å². The van der Waals surface area contributed by atoms with Crippen molar-refractivity contribution < 1.29 is 9.90 Å². The summed E-state index contributed by atoms with van der Waals surface area (Å²) in [6.45, 7) is 2.02. The Labute approximate surface area is 120 Å². The minimum Gasteiger partial charge on any atom is -0.395 e. The molecule has 3 nitrogen and oxygen atoms in total. The average Bonchev–Trinajstić information content (AvgIpc) is 2.37. The fourth-order valence-corrected chi connectivity index (χ4v) is 2.29. The van der Waals surface area contributed by atoms with Gasteiger partial charge in [-0.25, -0.2) is 0 Å². The van der Waals surface area contributed by atoms with E-state index in [4.69, 9.17) is 5.11 Å². The molecule has 3 heteroatoms. The fourth-order valence-electron chi connectivity index (χ4n) is 2.29. The van der Waals surface area contributed by atoms with Gasteiger partial charge < -0.3 is 10.0 Å². The van der Waals surface area contributed by atoms with E-state index < -0.39 is 0 Å². The van der Waals surface area contributed by atoms with Crippen LogP contribution < -0.4 is 0 Å². The van der Waals surface area contributed by atoms with Crippen LogP contribution >= 0.6 is 0 Å². The molecule has 1 aromatic carbocycles. The number of aliphatic hydroxyl groups is 1. The van der Waals surface area contributed by atoms with Crippen molar-refractivity contribution in [3.05, 3.63) is 34.9 Å². The number of rotatable bonds is 3. The molecule has 20 heavy (non-hydrogen) atoms. The van der Waals surface area contributed by atoms with Crippen LogP contribution in [0.4, 0.5) is 0 Å². The highest BCUT2D eigenvalue weighted by Crippen LogP contribution is 2.25.